The van der Waals surface area contributed by atoms with Crippen LogP contribution in [0, 0.1) is 6.92 Å². The molecule has 24 heavy (non-hydrogen) atoms. The molecule has 1 heterocycles. The number of carbonyl (C=O) groups is 1. The van der Waals surface area contributed by atoms with Crippen LogP contribution in [0.2, 0.25) is 0 Å². The number of amides is 1. The van der Waals surface area contributed by atoms with E-state index in [0.29, 0.717) is 5.13 Å². The highest BCUT2D eigenvalue weighted by Gasteiger charge is 2.18. The third-order valence-corrected chi connectivity index (χ3v) is 4.74. The molecule has 0 aliphatic rings. The molecule has 0 atom stereocenters. The summed E-state index contributed by atoms with van der Waals surface area (Å²) in [5.74, 6) is -0.129. The SMILES string of the molecule is Cc1csc(N(C(=O)/C=C/c2cccc(Br)c2)c2ccccc2)n1. The fraction of sp³-hybridized carbons (Fsp3) is 0.0526. The number of aryl methyl sites for hydroxylation is 1. The quantitative estimate of drug-likeness (QED) is 0.536. The summed E-state index contributed by atoms with van der Waals surface area (Å²) in [6, 6.07) is 17.4. The Labute approximate surface area is 153 Å². The number of carbonyl (C=O) groups excluding carboxylic acids is 1. The highest BCUT2D eigenvalue weighted by atomic mass is 79.9. The summed E-state index contributed by atoms with van der Waals surface area (Å²) in [6.45, 7) is 1.92. The smallest absolute Gasteiger partial charge is 0.257 e. The minimum absolute atomic E-state index is 0.129. The molecule has 0 fully saturated rings. The van der Waals surface area contributed by atoms with E-state index in [4.69, 9.17) is 0 Å². The molecule has 0 spiro atoms. The van der Waals surface area contributed by atoms with Gasteiger partial charge in [0.2, 0.25) is 0 Å². The largest absolute Gasteiger partial charge is 0.269 e. The predicted molar refractivity (Wildman–Crippen MR) is 104 cm³/mol. The minimum atomic E-state index is -0.129. The number of para-hydroxylation sites is 1. The van der Waals surface area contributed by atoms with E-state index in [0.717, 1.165) is 21.4 Å². The van der Waals surface area contributed by atoms with Crippen molar-refractivity contribution in [3.8, 4) is 0 Å². The molecule has 0 aliphatic carbocycles. The van der Waals surface area contributed by atoms with Gasteiger partial charge < -0.3 is 0 Å². The lowest BCUT2D eigenvalue weighted by Crippen LogP contribution is -2.23. The molecule has 1 amide bonds. The van der Waals surface area contributed by atoms with Gasteiger partial charge >= 0.3 is 0 Å². The first kappa shape index (κ1) is 16.6. The highest BCUT2D eigenvalue weighted by molar-refractivity contribution is 9.10. The van der Waals surface area contributed by atoms with Gasteiger partial charge in [-0.25, -0.2) is 4.98 Å². The standard InChI is InChI=1S/C19H15BrN2OS/c1-14-13-24-19(21-14)22(17-8-3-2-4-9-17)18(23)11-10-15-6-5-7-16(20)12-15/h2-13H,1H3/b11-10+. The van der Waals surface area contributed by atoms with E-state index in [1.165, 1.54) is 11.3 Å². The van der Waals surface area contributed by atoms with E-state index in [9.17, 15) is 4.79 Å². The average molecular weight is 399 g/mol. The second kappa shape index (κ2) is 7.55. The van der Waals surface area contributed by atoms with Gasteiger partial charge in [-0.15, -0.1) is 11.3 Å². The van der Waals surface area contributed by atoms with E-state index in [1.54, 1.807) is 11.0 Å². The molecule has 3 nitrogen and oxygen atoms in total. The third-order valence-electron chi connectivity index (χ3n) is 3.30. The number of thiazole rings is 1. The van der Waals surface area contributed by atoms with Gasteiger partial charge in [0.25, 0.3) is 5.91 Å². The van der Waals surface area contributed by atoms with Gasteiger partial charge in [-0.05, 0) is 42.8 Å². The van der Waals surface area contributed by atoms with Crippen molar-refractivity contribution in [2.45, 2.75) is 6.92 Å². The number of rotatable bonds is 4. The van der Waals surface area contributed by atoms with Gasteiger partial charge in [0, 0.05) is 15.9 Å². The number of aromatic nitrogens is 1. The second-order valence-corrected chi connectivity index (χ2v) is 6.92. The van der Waals surface area contributed by atoms with Crippen LogP contribution in [0.4, 0.5) is 10.8 Å². The Morgan fingerprint density at radius 1 is 1.17 bits per heavy atom. The summed E-state index contributed by atoms with van der Waals surface area (Å²) in [4.78, 5) is 18.9. The number of nitrogens with zero attached hydrogens (tertiary/aromatic N) is 2. The fourth-order valence-corrected chi connectivity index (χ4v) is 3.45. The Hall–Kier alpha value is -2.24. The average Bonchev–Trinajstić information content (AvgIpc) is 3.00. The number of anilines is 2. The lowest BCUT2D eigenvalue weighted by atomic mass is 10.2. The maximum atomic E-state index is 12.8. The summed E-state index contributed by atoms with van der Waals surface area (Å²) in [5.41, 5.74) is 2.66. The van der Waals surface area contributed by atoms with Crippen molar-refractivity contribution in [2.75, 3.05) is 4.90 Å². The van der Waals surface area contributed by atoms with Gasteiger partial charge in [0.05, 0.1) is 11.4 Å². The van der Waals surface area contributed by atoms with Crippen LogP contribution < -0.4 is 4.90 Å². The fourth-order valence-electron chi connectivity index (χ4n) is 2.21. The summed E-state index contributed by atoms with van der Waals surface area (Å²) in [5, 5.41) is 2.61. The van der Waals surface area contributed by atoms with Gasteiger partial charge in [-0.3, -0.25) is 9.69 Å². The molecule has 1 aromatic heterocycles. The maximum Gasteiger partial charge on any atom is 0.257 e. The first-order valence-corrected chi connectivity index (χ1v) is 9.06. The van der Waals surface area contributed by atoms with Crippen LogP contribution in [-0.4, -0.2) is 10.9 Å². The first-order chi connectivity index (χ1) is 11.6. The lowest BCUT2D eigenvalue weighted by Gasteiger charge is -2.18. The number of hydrogen-bond acceptors (Lipinski definition) is 3. The summed E-state index contributed by atoms with van der Waals surface area (Å²) >= 11 is 4.89. The molecule has 2 aromatic carbocycles. The van der Waals surface area contributed by atoms with Crippen LogP contribution in [0.15, 0.2) is 70.5 Å². The molecule has 0 saturated carbocycles. The Morgan fingerprint density at radius 2 is 1.96 bits per heavy atom. The Balaban J connectivity index is 1.92. The molecule has 0 N–H and O–H groups in total. The van der Waals surface area contributed by atoms with Crippen LogP contribution >= 0.6 is 27.3 Å². The Morgan fingerprint density at radius 3 is 2.62 bits per heavy atom. The number of hydrogen-bond donors (Lipinski definition) is 0. The normalized spacial score (nSPS) is 10.9. The topological polar surface area (TPSA) is 33.2 Å². The number of halogens is 1. The molecule has 3 rings (SSSR count). The third kappa shape index (κ3) is 3.99. The first-order valence-electron chi connectivity index (χ1n) is 7.38. The summed E-state index contributed by atoms with van der Waals surface area (Å²) < 4.78 is 0.979. The molecule has 0 unspecified atom stereocenters. The number of benzene rings is 2. The van der Waals surface area contributed by atoms with Crippen molar-refractivity contribution in [3.63, 3.8) is 0 Å². The highest BCUT2D eigenvalue weighted by Crippen LogP contribution is 2.29. The van der Waals surface area contributed by atoms with Gasteiger partial charge in [0.15, 0.2) is 5.13 Å². The molecule has 5 heteroatoms. The van der Waals surface area contributed by atoms with Crippen molar-refractivity contribution in [1.29, 1.82) is 0 Å². The predicted octanol–water partition coefficient (Wildman–Crippen LogP) is 5.59. The van der Waals surface area contributed by atoms with E-state index < -0.39 is 0 Å². The van der Waals surface area contributed by atoms with Crippen LogP contribution in [-0.2, 0) is 4.79 Å². The molecule has 0 saturated heterocycles. The summed E-state index contributed by atoms with van der Waals surface area (Å²) in [7, 11) is 0. The van der Waals surface area contributed by atoms with Gasteiger partial charge in [-0.1, -0.05) is 46.3 Å². The molecule has 3 aromatic rings. The molecule has 0 bridgehead atoms. The zero-order valence-electron chi connectivity index (χ0n) is 13.0. The molecule has 0 aliphatic heterocycles. The van der Waals surface area contributed by atoms with Crippen LogP contribution in [0.3, 0.4) is 0 Å². The van der Waals surface area contributed by atoms with Gasteiger partial charge in [-0.2, -0.15) is 0 Å². The maximum absolute atomic E-state index is 12.8. The van der Waals surface area contributed by atoms with Crippen LogP contribution in [0.1, 0.15) is 11.3 Å². The van der Waals surface area contributed by atoms with E-state index in [-0.39, 0.29) is 5.91 Å². The van der Waals surface area contributed by atoms with E-state index >= 15 is 0 Å². The van der Waals surface area contributed by atoms with Crippen molar-refractivity contribution >= 4 is 50.1 Å². The van der Waals surface area contributed by atoms with Crippen molar-refractivity contribution in [3.05, 3.63) is 81.8 Å². The van der Waals surface area contributed by atoms with Crippen molar-refractivity contribution < 1.29 is 4.79 Å². The Kier molecular flexibility index (Phi) is 5.23. The van der Waals surface area contributed by atoms with Crippen LogP contribution in [0.25, 0.3) is 6.08 Å². The monoisotopic (exact) mass is 398 g/mol. The van der Waals surface area contributed by atoms with Crippen molar-refractivity contribution in [2.24, 2.45) is 0 Å². The molecular weight excluding hydrogens is 384 g/mol. The Bertz CT molecular complexity index is 874. The zero-order chi connectivity index (χ0) is 16.9. The molecule has 120 valence electrons. The van der Waals surface area contributed by atoms with Crippen LogP contribution in [0.5, 0.6) is 0 Å². The van der Waals surface area contributed by atoms with Gasteiger partial charge in [0.1, 0.15) is 0 Å². The molecular formula is C19H15BrN2OS. The lowest BCUT2D eigenvalue weighted by molar-refractivity contribution is -0.113. The molecule has 0 radical (unpaired) electrons. The van der Waals surface area contributed by atoms with E-state index in [1.807, 2.05) is 73.0 Å². The van der Waals surface area contributed by atoms with E-state index in [2.05, 4.69) is 20.9 Å². The zero-order valence-corrected chi connectivity index (χ0v) is 15.4. The summed E-state index contributed by atoms with van der Waals surface area (Å²) in [6.07, 6.45) is 3.38. The van der Waals surface area contributed by atoms with Crippen molar-refractivity contribution in [1.82, 2.24) is 4.98 Å². The minimum Gasteiger partial charge on any atom is -0.269 e. The second-order valence-electron chi connectivity index (χ2n) is 5.17.